The molecule has 1 rings (SSSR count). The Hall–Kier alpha value is -0.610. The van der Waals surface area contributed by atoms with E-state index >= 15 is 0 Å². The average molecular weight is 256 g/mol. The van der Waals surface area contributed by atoms with Crippen LogP contribution in [0.3, 0.4) is 0 Å². The normalized spacial score (nSPS) is 22.7. The van der Waals surface area contributed by atoms with Gasteiger partial charge in [0.15, 0.2) is 0 Å². The Balaban J connectivity index is 2.31. The highest BCUT2D eigenvalue weighted by Gasteiger charge is 2.26. The van der Waals surface area contributed by atoms with Gasteiger partial charge in [0, 0.05) is 19.6 Å². The summed E-state index contributed by atoms with van der Waals surface area (Å²) in [5.74, 6) is 0.304. The standard InChI is InChI=1S/C14H28N2O2/c1-3-5-8-15-14(18)12-7-6-9-16(10-12)11-13(17)4-2/h12-13,17H,3-11H2,1-2H3,(H,15,18). The van der Waals surface area contributed by atoms with Gasteiger partial charge in [-0.2, -0.15) is 0 Å². The molecule has 1 fully saturated rings. The molecule has 2 unspecified atom stereocenters. The number of nitrogens with zero attached hydrogens (tertiary/aromatic N) is 1. The van der Waals surface area contributed by atoms with Gasteiger partial charge in [0.05, 0.1) is 12.0 Å². The van der Waals surface area contributed by atoms with E-state index in [9.17, 15) is 9.90 Å². The van der Waals surface area contributed by atoms with Crippen LogP contribution in [0.1, 0.15) is 46.0 Å². The molecule has 18 heavy (non-hydrogen) atoms. The summed E-state index contributed by atoms with van der Waals surface area (Å²) in [6, 6.07) is 0. The van der Waals surface area contributed by atoms with Crippen LogP contribution in [-0.4, -0.2) is 48.2 Å². The van der Waals surface area contributed by atoms with Crippen LogP contribution in [0, 0.1) is 5.92 Å². The SMILES string of the molecule is CCCCNC(=O)C1CCCN(CC(O)CC)C1. The number of aliphatic hydroxyl groups excluding tert-OH is 1. The number of carbonyl (C=O) groups is 1. The first kappa shape index (κ1) is 15.4. The van der Waals surface area contributed by atoms with Crippen molar-refractivity contribution in [2.45, 2.75) is 52.1 Å². The number of aliphatic hydroxyl groups is 1. The molecule has 0 aromatic rings. The summed E-state index contributed by atoms with van der Waals surface area (Å²) in [5, 5.41) is 12.7. The topological polar surface area (TPSA) is 52.6 Å². The lowest BCUT2D eigenvalue weighted by Gasteiger charge is -2.33. The Morgan fingerprint density at radius 3 is 2.94 bits per heavy atom. The van der Waals surface area contributed by atoms with E-state index in [1.807, 2.05) is 6.92 Å². The van der Waals surface area contributed by atoms with E-state index in [2.05, 4.69) is 17.1 Å². The molecule has 1 heterocycles. The molecular formula is C14H28N2O2. The first-order valence-corrected chi connectivity index (χ1v) is 7.35. The molecule has 1 amide bonds. The number of amides is 1. The molecule has 2 atom stereocenters. The fraction of sp³-hybridized carbons (Fsp3) is 0.929. The summed E-state index contributed by atoms with van der Waals surface area (Å²) < 4.78 is 0. The predicted octanol–water partition coefficient (Wildman–Crippen LogP) is 1.39. The van der Waals surface area contributed by atoms with Gasteiger partial charge in [-0.05, 0) is 32.2 Å². The number of unbranched alkanes of at least 4 members (excludes halogenated alkanes) is 1. The minimum absolute atomic E-state index is 0.111. The van der Waals surface area contributed by atoms with Gasteiger partial charge in [-0.1, -0.05) is 20.3 Å². The number of hydrogen-bond acceptors (Lipinski definition) is 3. The molecule has 0 aliphatic carbocycles. The van der Waals surface area contributed by atoms with E-state index in [1.54, 1.807) is 0 Å². The number of hydrogen-bond donors (Lipinski definition) is 2. The number of rotatable bonds is 7. The average Bonchev–Trinajstić information content (AvgIpc) is 2.39. The number of piperidine rings is 1. The summed E-state index contributed by atoms with van der Waals surface area (Å²) in [6.45, 7) is 7.42. The number of likely N-dealkylation sites (tertiary alicyclic amines) is 1. The van der Waals surface area contributed by atoms with Gasteiger partial charge in [0.25, 0.3) is 0 Å². The monoisotopic (exact) mass is 256 g/mol. The molecule has 0 radical (unpaired) electrons. The molecule has 106 valence electrons. The van der Waals surface area contributed by atoms with Crippen LogP contribution >= 0.6 is 0 Å². The van der Waals surface area contributed by atoms with E-state index in [-0.39, 0.29) is 17.9 Å². The van der Waals surface area contributed by atoms with Gasteiger partial charge in [0.1, 0.15) is 0 Å². The maximum absolute atomic E-state index is 12.0. The van der Waals surface area contributed by atoms with Crippen molar-refractivity contribution in [2.24, 2.45) is 5.92 Å². The first-order chi connectivity index (χ1) is 8.67. The van der Waals surface area contributed by atoms with Crippen molar-refractivity contribution in [3.05, 3.63) is 0 Å². The third kappa shape index (κ3) is 5.36. The highest BCUT2D eigenvalue weighted by atomic mass is 16.3. The van der Waals surface area contributed by atoms with E-state index in [0.29, 0.717) is 6.54 Å². The van der Waals surface area contributed by atoms with E-state index in [0.717, 1.165) is 51.7 Å². The molecule has 4 heteroatoms. The van der Waals surface area contributed by atoms with Gasteiger partial charge >= 0.3 is 0 Å². The Bertz CT molecular complexity index is 246. The number of β-amino-alcohol motifs (C(OH)–C–C–N with tert-alkyl or cyclic N) is 1. The minimum atomic E-state index is -0.257. The molecule has 0 spiro atoms. The van der Waals surface area contributed by atoms with Gasteiger partial charge in [-0.15, -0.1) is 0 Å². The van der Waals surface area contributed by atoms with Gasteiger partial charge in [0.2, 0.25) is 5.91 Å². The van der Waals surface area contributed by atoms with Crippen molar-refractivity contribution in [3.8, 4) is 0 Å². The van der Waals surface area contributed by atoms with Crippen molar-refractivity contribution in [3.63, 3.8) is 0 Å². The van der Waals surface area contributed by atoms with Crippen molar-refractivity contribution >= 4 is 5.91 Å². The van der Waals surface area contributed by atoms with Gasteiger partial charge < -0.3 is 10.4 Å². The van der Waals surface area contributed by atoms with Crippen LogP contribution in [0.4, 0.5) is 0 Å². The second-order valence-electron chi connectivity index (χ2n) is 5.31. The zero-order valence-electron chi connectivity index (χ0n) is 11.8. The predicted molar refractivity (Wildman–Crippen MR) is 73.4 cm³/mol. The van der Waals surface area contributed by atoms with Crippen LogP contribution in [0.25, 0.3) is 0 Å². The molecule has 0 bridgehead atoms. The number of nitrogens with one attached hydrogen (secondary N) is 1. The van der Waals surface area contributed by atoms with Crippen LogP contribution in [0.2, 0.25) is 0 Å². The quantitative estimate of drug-likeness (QED) is 0.677. The van der Waals surface area contributed by atoms with E-state index in [4.69, 9.17) is 0 Å². The van der Waals surface area contributed by atoms with Crippen LogP contribution < -0.4 is 5.32 Å². The molecule has 1 saturated heterocycles. The molecule has 1 aliphatic rings. The van der Waals surface area contributed by atoms with Crippen LogP contribution in [0.5, 0.6) is 0 Å². The molecule has 1 aliphatic heterocycles. The smallest absolute Gasteiger partial charge is 0.224 e. The first-order valence-electron chi connectivity index (χ1n) is 7.35. The van der Waals surface area contributed by atoms with Gasteiger partial charge in [-0.3, -0.25) is 9.69 Å². The molecule has 0 saturated carbocycles. The van der Waals surface area contributed by atoms with E-state index in [1.165, 1.54) is 0 Å². The molecular weight excluding hydrogens is 228 g/mol. The summed E-state index contributed by atoms with van der Waals surface area (Å²) in [6.07, 6.45) is 4.73. The molecule has 0 aromatic carbocycles. The van der Waals surface area contributed by atoms with Gasteiger partial charge in [-0.25, -0.2) is 0 Å². The third-order valence-corrected chi connectivity index (χ3v) is 3.65. The Labute approximate surface area is 111 Å². The maximum Gasteiger partial charge on any atom is 0.224 e. The fourth-order valence-corrected chi connectivity index (χ4v) is 2.40. The maximum atomic E-state index is 12.0. The largest absolute Gasteiger partial charge is 0.392 e. The number of carbonyl (C=O) groups excluding carboxylic acids is 1. The zero-order valence-corrected chi connectivity index (χ0v) is 11.8. The molecule has 4 nitrogen and oxygen atoms in total. The second kappa shape index (κ2) is 8.48. The Morgan fingerprint density at radius 1 is 1.50 bits per heavy atom. The molecule has 2 N–H and O–H groups in total. The van der Waals surface area contributed by atoms with Crippen molar-refractivity contribution < 1.29 is 9.90 Å². The van der Waals surface area contributed by atoms with E-state index < -0.39 is 0 Å². The minimum Gasteiger partial charge on any atom is -0.392 e. The highest BCUT2D eigenvalue weighted by molar-refractivity contribution is 5.78. The van der Waals surface area contributed by atoms with Crippen LogP contribution in [-0.2, 0) is 4.79 Å². The Morgan fingerprint density at radius 2 is 2.28 bits per heavy atom. The third-order valence-electron chi connectivity index (χ3n) is 3.65. The summed E-state index contributed by atoms with van der Waals surface area (Å²) in [4.78, 5) is 14.2. The fourth-order valence-electron chi connectivity index (χ4n) is 2.40. The summed E-state index contributed by atoms with van der Waals surface area (Å²) >= 11 is 0. The molecule has 0 aromatic heterocycles. The lowest BCUT2D eigenvalue weighted by molar-refractivity contribution is -0.126. The van der Waals surface area contributed by atoms with Crippen molar-refractivity contribution in [1.29, 1.82) is 0 Å². The Kier molecular flexibility index (Phi) is 7.28. The zero-order chi connectivity index (χ0) is 13.4. The summed E-state index contributed by atoms with van der Waals surface area (Å²) in [5.41, 5.74) is 0. The van der Waals surface area contributed by atoms with Crippen molar-refractivity contribution in [2.75, 3.05) is 26.2 Å². The van der Waals surface area contributed by atoms with Crippen LogP contribution in [0.15, 0.2) is 0 Å². The van der Waals surface area contributed by atoms with Crippen molar-refractivity contribution in [1.82, 2.24) is 10.2 Å². The lowest BCUT2D eigenvalue weighted by atomic mass is 9.96. The second-order valence-corrected chi connectivity index (χ2v) is 5.31. The summed E-state index contributed by atoms with van der Waals surface area (Å²) in [7, 11) is 0. The lowest BCUT2D eigenvalue weighted by Crippen LogP contribution is -2.45. The highest BCUT2D eigenvalue weighted by Crippen LogP contribution is 2.17.